The van der Waals surface area contributed by atoms with E-state index in [1.54, 1.807) is 19.1 Å². The predicted molar refractivity (Wildman–Crippen MR) is 69.3 cm³/mol. The van der Waals surface area contributed by atoms with Gasteiger partial charge in [-0.2, -0.15) is 0 Å². The SMILES string of the molecule is Cc1cc2[nH]c3c(O)cc(C=O)cc3c2cc1O. The number of aryl methyl sites for hydroxylation is 1. The topological polar surface area (TPSA) is 73.3 Å². The maximum atomic E-state index is 10.8. The number of phenols is 2. The Balaban J connectivity index is 2.52. The molecule has 0 aliphatic carbocycles. The van der Waals surface area contributed by atoms with Crippen LogP contribution in [0.25, 0.3) is 21.8 Å². The number of aromatic nitrogens is 1. The first-order chi connectivity index (χ1) is 8.60. The van der Waals surface area contributed by atoms with Crippen LogP contribution in [0.2, 0.25) is 0 Å². The molecule has 0 aliphatic heterocycles. The first-order valence-electron chi connectivity index (χ1n) is 5.53. The Morgan fingerprint density at radius 3 is 2.56 bits per heavy atom. The predicted octanol–water partition coefficient (Wildman–Crippen LogP) is 2.85. The molecular weight excluding hydrogens is 230 g/mol. The van der Waals surface area contributed by atoms with E-state index in [9.17, 15) is 15.0 Å². The fraction of sp³-hybridized carbons (Fsp3) is 0.0714. The van der Waals surface area contributed by atoms with E-state index in [-0.39, 0.29) is 11.5 Å². The lowest BCUT2D eigenvalue weighted by Gasteiger charge is -1.99. The van der Waals surface area contributed by atoms with Gasteiger partial charge in [-0.25, -0.2) is 0 Å². The number of aromatic amines is 1. The molecule has 4 nitrogen and oxygen atoms in total. The van der Waals surface area contributed by atoms with Crippen LogP contribution in [0.4, 0.5) is 0 Å². The first-order valence-corrected chi connectivity index (χ1v) is 5.53. The summed E-state index contributed by atoms with van der Waals surface area (Å²) < 4.78 is 0. The number of benzene rings is 2. The normalized spacial score (nSPS) is 11.2. The summed E-state index contributed by atoms with van der Waals surface area (Å²) in [6, 6.07) is 6.55. The highest BCUT2D eigenvalue weighted by Gasteiger charge is 2.11. The summed E-state index contributed by atoms with van der Waals surface area (Å²) >= 11 is 0. The van der Waals surface area contributed by atoms with Crippen molar-refractivity contribution in [3.05, 3.63) is 35.4 Å². The molecule has 0 saturated heterocycles. The molecule has 0 fully saturated rings. The van der Waals surface area contributed by atoms with Crippen LogP contribution in [0, 0.1) is 6.92 Å². The van der Waals surface area contributed by atoms with E-state index in [1.165, 1.54) is 6.07 Å². The Bertz CT molecular complexity index is 787. The monoisotopic (exact) mass is 241 g/mol. The van der Waals surface area contributed by atoms with E-state index in [4.69, 9.17) is 0 Å². The van der Waals surface area contributed by atoms with Gasteiger partial charge in [-0.3, -0.25) is 4.79 Å². The average molecular weight is 241 g/mol. The lowest BCUT2D eigenvalue weighted by atomic mass is 10.1. The second-order valence-corrected chi connectivity index (χ2v) is 4.39. The Hall–Kier alpha value is -2.49. The van der Waals surface area contributed by atoms with Gasteiger partial charge in [0.15, 0.2) is 0 Å². The van der Waals surface area contributed by atoms with Gasteiger partial charge in [-0.15, -0.1) is 0 Å². The maximum Gasteiger partial charge on any atom is 0.150 e. The molecule has 18 heavy (non-hydrogen) atoms. The molecule has 0 amide bonds. The molecule has 0 saturated carbocycles. The van der Waals surface area contributed by atoms with Gasteiger partial charge in [0.2, 0.25) is 0 Å². The minimum atomic E-state index is 0.0305. The molecule has 0 spiro atoms. The van der Waals surface area contributed by atoms with Crippen molar-refractivity contribution in [1.82, 2.24) is 4.98 Å². The van der Waals surface area contributed by atoms with E-state index in [2.05, 4.69) is 4.98 Å². The molecule has 0 atom stereocenters. The van der Waals surface area contributed by atoms with Crippen molar-refractivity contribution in [3.8, 4) is 11.5 Å². The zero-order valence-corrected chi connectivity index (χ0v) is 9.69. The number of aromatic hydroxyl groups is 2. The molecule has 1 heterocycles. The Labute approximate surface area is 102 Å². The lowest BCUT2D eigenvalue weighted by Crippen LogP contribution is -1.79. The van der Waals surface area contributed by atoms with Crippen LogP contribution in [0.3, 0.4) is 0 Å². The van der Waals surface area contributed by atoms with Crippen LogP contribution in [-0.2, 0) is 0 Å². The minimum Gasteiger partial charge on any atom is -0.508 e. The van der Waals surface area contributed by atoms with Crippen LogP contribution in [0.1, 0.15) is 15.9 Å². The molecule has 4 heteroatoms. The average Bonchev–Trinajstić information content (AvgIpc) is 2.68. The third kappa shape index (κ3) is 1.35. The second-order valence-electron chi connectivity index (χ2n) is 4.39. The molecule has 0 aliphatic rings. The van der Waals surface area contributed by atoms with Gasteiger partial charge in [-0.1, -0.05) is 0 Å². The number of carbonyl (C=O) groups excluding carboxylic acids is 1. The van der Waals surface area contributed by atoms with Gasteiger partial charge in [-0.05, 0) is 36.8 Å². The lowest BCUT2D eigenvalue weighted by molar-refractivity contribution is 0.112. The number of carbonyl (C=O) groups is 1. The first kappa shape index (κ1) is 10.7. The van der Waals surface area contributed by atoms with E-state index in [1.807, 2.05) is 6.07 Å². The second kappa shape index (κ2) is 3.50. The summed E-state index contributed by atoms with van der Waals surface area (Å²) in [5.74, 6) is 0.224. The van der Waals surface area contributed by atoms with E-state index < -0.39 is 0 Å². The van der Waals surface area contributed by atoms with Gasteiger partial charge in [0.1, 0.15) is 17.8 Å². The number of aldehydes is 1. The van der Waals surface area contributed by atoms with Crippen LogP contribution in [-0.4, -0.2) is 21.5 Å². The summed E-state index contributed by atoms with van der Waals surface area (Å²) in [6.45, 7) is 1.80. The van der Waals surface area contributed by atoms with Gasteiger partial charge in [0, 0.05) is 21.9 Å². The Morgan fingerprint density at radius 1 is 1.06 bits per heavy atom. The van der Waals surface area contributed by atoms with Crippen molar-refractivity contribution in [2.24, 2.45) is 0 Å². The van der Waals surface area contributed by atoms with Crippen molar-refractivity contribution in [1.29, 1.82) is 0 Å². The third-order valence-corrected chi connectivity index (χ3v) is 3.16. The quantitative estimate of drug-likeness (QED) is 0.573. The summed E-state index contributed by atoms with van der Waals surface area (Å²) in [5.41, 5.74) is 2.55. The van der Waals surface area contributed by atoms with E-state index in [0.29, 0.717) is 17.4 Å². The van der Waals surface area contributed by atoms with Crippen molar-refractivity contribution in [2.45, 2.75) is 6.92 Å². The number of hydrogen-bond donors (Lipinski definition) is 3. The zero-order valence-electron chi connectivity index (χ0n) is 9.69. The zero-order chi connectivity index (χ0) is 12.9. The summed E-state index contributed by atoms with van der Waals surface area (Å²) in [4.78, 5) is 13.9. The number of H-pyrrole nitrogens is 1. The van der Waals surface area contributed by atoms with Gasteiger partial charge < -0.3 is 15.2 Å². The summed E-state index contributed by atoms with van der Waals surface area (Å²) in [5, 5.41) is 21.1. The highest BCUT2D eigenvalue weighted by molar-refractivity contribution is 6.11. The molecule has 2 aromatic carbocycles. The van der Waals surface area contributed by atoms with Crippen molar-refractivity contribution < 1.29 is 15.0 Å². The molecule has 0 unspecified atom stereocenters. The smallest absolute Gasteiger partial charge is 0.150 e. The van der Waals surface area contributed by atoms with Gasteiger partial charge in [0.05, 0.1) is 5.52 Å². The van der Waals surface area contributed by atoms with Crippen molar-refractivity contribution >= 4 is 28.1 Å². The molecule has 1 aromatic heterocycles. The number of phenolic OH excluding ortho intramolecular Hbond substituents is 2. The maximum absolute atomic E-state index is 10.8. The number of rotatable bonds is 1. The number of nitrogens with one attached hydrogen (secondary N) is 1. The number of fused-ring (bicyclic) bond motifs is 3. The molecule has 3 aromatic rings. The van der Waals surface area contributed by atoms with E-state index >= 15 is 0 Å². The minimum absolute atomic E-state index is 0.0305. The van der Waals surface area contributed by atoms with Crippen molar-refractivity contribution in [3.63, 3.8) is 0 Å². The summed E-state index contributed by atoms with van der Waals surface area (Å²) in [7, 11) is 0. The van der Waals surface area contributed by atoms with Gasteiger partial charge >= 0.3 is 0 Å². The van der Waals surface area contributed by atoms with E-state index in [0.717, 1.165) is 21.9 Å². The molecule has 0 radical (unpaired) electrons. The highest BCUT2D eigenvalue weighted by Crippen LogP contribution is 2.34. The molecule has 3 N–H and O–H groups in total. The number of hydrogen-bond acceptors (Lipinski definition) is 3. The van der Waals surface area contributed by atoms with Crippen LogP contribution in [0.15, 0.2) is 24.3 Å². The standard InChI is InChI=1S/C14H11NO3/c1-7-2-11-9(5-12(7)17)10-3-8(6-16)4-13(18)14(10)15-11/h2-6,15,17-18H,1H3. The van der Waals surface area contributed by atoms with Gasteiger partial charge in [0.25, 0.3) is 0 Å². The molecule has 0 bridgehead atoms. The Kier molecular flexibility index (Phi) is 2.07. The summed E-state index contributed by atoms with van der Waals surface area (Å²) in [6.07, 6.45) is 0.687. The van der Waals surface area contributed by atoms with Crippen LogP contribution >= 0.6 is 0 Å². The Morgan fingerprint density at radius 2 is 1.83 bits per heavy atom. The fourth-order valence-electron chi connectivity index (χ4n) is 2.22. The third-order valence-electron chi connectivity index (χ3n) is 3.16. The molecule has 3 rings (SSSR count). The largest absolute Gasteiger partial charge is 0.508 e. The van der Waals surface area contributed by atoms with Crippen LogP contribution in [0.5, 0.6) is 11.5 Å². The molecular formula is C14H11NO3. The van der Waals surface area contributed by atoms with Crippen LogP contribution < -0.4 is 0 Å². The fourth-order valence-corrected chi connectivity index (χ4v) is 2.22. The highest BCUT2D eigenvalue weighted by atomic mass is 16.3. The molecule has 90 valence electrons. The van der Waals surface area contributed by atoms with Crippen molar-refractivity contribution in [2.75, 3.05) is 0 Å².